The zero-order chi connectivity index (χ0) is 14.4. The number of nitrogen functional groups attached to an aromatic ring is 1. The lowest BCUT2D eigenvalue weighted by molar-refractivity contribution is 0.0607. The van der Waals surface area contributed by atoms with Crippen LogP contribution in [-0.4, -0.2) is 36.5 Å². The summed E-state index contributed by atoms with van der Waals surface area (Å²) in [5.74, 6) is 0.856. The summed E-state index contributed by atoms with van der Waals surface area (Å²) in [6, 6.07) is 7.47. The molecule has 3 aliphatic rings. The van der Waals surface area contributed by atoms with Gasteiger partial charge < -0.3 is 20.4 Å². The normalized spacial score (nSPS) is 27.9. The highest BCUT2D eigenvalue weighted by Gasteiger charge is 2.35. The molecule has 3 fully saturated rings. The summed E-state index contributed by atoms with van der Waals surface area (Å²) in [5, 5.41) is 4.04. The molecule has 1 amide bonds. The first-order chi connectivity index (χ1) is 10.2. The van der Waals surface area contributed by atoms with Crippen LogP contribution in [0.3, 0.4) is 0 Å². The van der Waals surface area contributed by atoms with Gasteiger partial charge in [-0.3, -0.25) is 4.79 Å². The number of carbonyl (C=O) groups excluding carboxylic acids is 1. The Kier molecular flexibility index (Phi) is 2.89. The van der Waals surface area contributed by atoms with Crippen LogP contribution in [0.5, 0.6) is 0 Å². The Hall–Kier alpha value is -2.01. The highest BCUT2D eigenvalue weighted by Crippen LogP contribution is 2.28. The molecule has 1 atom stereocenters. The Morgan fingerprint density at radius 3 is 2.81 bits per heavy atom. The zero-order valence-corrected chi connectivity index (χ0v) is 11.8. The fourth-order valence-electron chi connectivity index (χ4n) is 3.53. The van der Waals surface area contributed by atoms with E-state index in [4.69, 9.17) is 10.2 Å². The Labute approximate surface area is 123 Å². The number of nitrogens with one attached hydrogen (secondary N) is 1. The standard InChI is InChI=1S/C16H19N3O2/c17-12-2-1-11-7-15(21-14(11)8-12)16(20)18-13-9-19-5-3-10(13)4-6-19/h1-2,7-8,10,13H,3-6,9,17H2,(H,18,20). The van der Waals surface area contributed by atoms with Crippen molar-refractivity contribution in [2.45, 2.75) is 18.9 Å². The van der Waals surface area contributed by atoms with Crippen LogP contribution in [0, 0.1) is 5.92 Å². The second-order valence-electron chi connectivity index (χ2n) is 6.13. The maximum atomic E-state index is 12.4. The van der Waals surface area contributed by atoms with Gasteiger partial charge in [0.05, 0.1) is 0 Å². The highest BCUT2D eigenvalue weighted by atomic mass is 16.3. The van der Waals surface area contributed by atoms with Crippen LogP contribution >= 0.6 is 0 Å². The van der Waals surface area contributed by atoms with Gasteiger partial charge in [0.25, 0.3) is 5.91 Å². The van der Waals surface area contributed by atoms with Crippen molar-refractivity contribution in [3.05, 3.63) is 30.0 Å². The number of nitrogens with zero attached hydrogens (tertiary/aromatic N) is 1. The monoisotopic (exact) mass is 285 g/mol. The first-order valence-corrected chi connectivity index (χ1v) is 7.51. The number of anilines is 1. The summed E-state index contributed by atoms with van der Waals surface area (Å²) >= 11 is 0. The van der Waals surface area contributed by atoms with E-state index in [9.17, 15) is 4.79 Å². The summed E-state index contributed by atoms with van der Waals surface area (Å²) in [4.78, 5) is 14.8. The molecule has 2 aromatic rings. The van der Waals surface area contributed by atoms with E-state index in [1.54, 1.807) is 12.1 Å². The smallest absolute Gasteiger partial charge is 0.287 e. The number of fused-ring (bicyclic) bond motifs is 4. The number of hydrogen-bond acceptors (Lipinski definition) is 4. The van der Waals surface area contributed by atoms with Crippen molar-refractivity contribution in [1.82, 2.24) is 10.2 Å². The molecular formula is C16H19N3O2. The van der Waals surface area contributed by atoms with Gasteiger partial charge in [-0.15, -0.1) is 0 Å². The number of nitrogens with two attached hydrogens (primary N) is 1. The van der Waals surface area contributed by atoms with E-state index in [1.807, 2.05) is 12.1 Å². The molecule has 21 heavy (non-hydrogen) atoms. The van der Waals surface area contributed by atoms with E-state index >= 15 is 0 Å². The molecule has 5 heteroatoms. The number of amides is 1. The van der Waals surface area contributed by atoms with Gasteiger partial charge in [0.2, 0.25) is 0 Å². The molecule has 110 valence electrons. The van der Waals surface area contributed by atoms with Crippen LogP contribution in [0.1, 0.15) is 23.4 Å². The third-order valence-corrected chi connectivity index (χ3v) is 4.74. The largest absolute Gasteiger partial charge is 0.451 e. The maximum absolute atomic E-state index is 12.4. The number of benzene rings is 1. The zero-order valence-electron chi connectivity index (χ0n) is 11.8. The number of hydrogen-bond donors (Lipinski definition) is 2. The second-order valence-corrected chi connectivity index (χ2v) is 6.13. The summed E-state index contributed by atoms with van der Waals surface area (Å²) < 4.78 is 5.63. The number of carbonyl (C=O) groups is 1. The molecule has 1 aromatic carbocycles. The lowest BCUT2D eigenvalue weighted by atomic mass is 9.84. The Morgan fingerprint density at radius 1 is 1.29 bits per heavy atom. The number of furan rings is 1. The molecule has 0 saturated carbocycles. The van der Waals surface area contributed by atoms with Crippen LogP contribution < -0.4 is 11.1 Å². The lowest BCUT2D eigenvalue weighted by Crippen LogP contribution is -2.57. The van der Waals surface area contributed by atoms with E-state index < -0.39 is 0 Å². The van der Waals surface area contributed by atoms with Crippen molar-refractivity contribution >= 4 is 22.6 Å². The van der Waals surface area contributed by atoms with E-state index in [-0.39, 0.29) is 11.9 Å². The fourth-order valence-corrected chi connectivity index (χ4v) is 3.53. The van der Waals surface area contributed by atoms with Gasteiger partial charge in [0.1, 0.15) is 5.58 Å². The van der Waals surface area contributed by atoms with Crippen LogP contribution in [0.4, 0.5) is 5.69 Å². The van der Waals surface area contributed by atoms with Crippen LogP contribution in [0.15, 0.2) is 28.7 Å². The molecule has 0 spiro atoms. The summed E-state index contributed by atoms with van der Waals surface area (Å²) in [6.07, 6.45) is 2.36. The molecule has 5 rings (SSSR count). The Bertz CT molecular complexity index is 686. The highest BCUT2D eigenvalue weighted by molar-refractivity contribution is 5.96. The van der Waals surface area contributed by atoms with Crippen molar-refractivity contribution in [2.24, 2.45) is 5.92 Å². The topological polar surface area (TPSA) is 71.5 Å². The van der Waals surface area contributed by atoms with E-state index in [1.165, 1.54) is 25.9 Å². The third-order valence-electron chi connectivity index (χ3n) is 4.74. The molecule has 1 aromatic heterocycles. The first kappa shape index (κ1) is 12.7. The Morgan fingerprint density at radius 2 is 2.10 bits per heavy atom. The second kappa shape index (κ2) is 4.77. The molecule has 3 aliphatic heterocycles. The van der Waals surface area contributed by atoms with Gasteiger partial charge in [-0.05, 0) is 50.0 Å². The molecule has 3 saturated heterocycles. The minimum absolute atomic E-state index is 0.122. The van der Waals surface area contributed by atoms with E-state index in [0.717, 1.165) is 11.9 Å². The van der Waals surface area contributed by atoms with Gasteiger partial charge in [-0.25, -0.2) is 0 Å². The maximum Gasteiger partial charge on any atom is 0.287 e. The molecule has 5 nitrogen and oxygen atoms in total. The number of piperidine rings is 3. The van der Waals surface area contributed by atoms with Crippen molar-refractivity contribution in [1.29, 1.82) is 0 Å². The van der Waals surface area contributed by atoms with Crippen molar-refractivity contribution < 1.29 is 9.21 Å². The quantitative estimate of drug-likeness (QED) is 0.826. The molecule has 4 heterocycles. The minimum atomic E-state index is -0.122. The van der Waals surface area contributed by atoms with Crippen molar-refractivity contribution in [3.63, 3.8) is 0 Å². The van der Waals surface area contributed by atoms with Crippen LogP contribution in [0.25, 0.3) is 11.0 Å². The molecule has 1 unspecified atom stereocenters. The summed E-state index contributed by atoms with van der Waals surface area (Å²) in [7, 11) is 0. The first-order valence-electron chi connectivity index (χ1n) is 7.51. The van der Waals surface area contributed by atoms with Gasteiger partial charge in [-0.1, -0.05) is 0 Å². The van der Waals surface area contributed by atoms with Gasteiger partial charge in [0.15, 0.2) is 5.76 Å². The van der Waals surface area contributed by atoms with E-state index in [2.05, 4.69) is 10.2 Å². The van der Waals surface area contributed by atoms with E-state index in [0.29, 0.717) is 22.9 Å². The molecule has 0 aliphatic carbocycles. The predicted octanol–water partition coefficient (Wildman–Crippen LogP) is 1.84. The van der Waals surface area contributed by atoms with Crippen LogP contribution in [0.2, 0.25) is 0 Å². The molecular weight excluding hydrogens is 266 g/mol. The summed E-state index contributed by atoms with van der Waals surface area (Å²) in [5.41, 5.74) is 7.03. The molecule has 2 bridgehead atoms. The average molecular weight is 285 g/mol. The van der Waals surface area contributed by atoms with Crippen molar-refractivity contribution in [2.75, 3.05) is 25.4 Å². The predicted molar refractivity (Wildman–Crippen MR) is 81.0 cm³/mol. The molecule has 0 radical (unpaired) electrons. The lowest BCUT2D eigenvalue weighted by Gasteiger charge is -2.44. The van der Waals surface area contributed by atoms with Crippen molar-refractivity contribution in [3.8, 4) is 0 Å². The average Bonchev–Trinajstić information content (AvgIpc) is 2.91. The SMILES string of the molecule is Nc1ccc2cc(C(=O)NC3CN4CCC3CC4)oc2c1. The molecule has 3 N–H and O–H groups in total. The minimum Gasteiger partial charge on any atom is -0.451 e. The fraction of sp³-hybridized carbons (Fsp3) is 0.438. The number of rotatable bonds is 2. The summed E-state index contributed by atoms with van der Waals surface area (Å²) in [6.45, 7) is 3.30. The Balaban J connectivity index is 1.53. The van der Waals surface area contributed by atoms with Gasteiger partial charge in [-0.2, -0.15) is 0 Å². The van der Waals surface area contributed by atoms with Crippen LogP contribution in [-0.2, 0) is 0 Å². The third kappa shape index (κ3) is 2.27. The van der Waals surface area contributed by atoms with Gasteiger partial charge >= 0.3 is 0 Å². The van der Waals surface area contributed by atoms with Gasteiger partial charge in [0, 0.05) is 29.7 Å².